The van der Waals surface area contributed by atoms with Gasteiger partial charge in [0, 0.05) is 42.4 Å². The quantitative estimate of drug-likeness (QED) is 0.717. The molecule has 3 rings (SSSR count). The minimum absolute atomic E-state index is 0.364. The molecule has 0 saturated heterocycles. The summed E-state index contributed by atoms with van der Waals surface area (Å²) in [5, 5.41) is 8.35. The molecular weight excluding hydrogens is 272 g/mol. The molecule has 118 valence electrons. The van der Waals surface area contributed by atoms with Crippen LogP contribution in [0, 0.1) is 0 Å². The van der Waals surface area contributed by atoms with Gasteiger partial charge in [0.05, 0.1) is 5.52 Å². The van der Waals surface area contributed by atoms with Crippen LogP contribution in [0.2, 0.25) is 0 Å². The molecule has 0 bridgehead atoms. The van der Waals surface area contributed by atoms with Crippen LogP contribution < -0.4 is 16.4 Å². The Morgan fingerprint density at radius 1 is 1.23 bits per heavy atom. The van der Waals surface area contributed by atoms with Crippen molar-refractivity contribution >= 4 is 16.6 Å². The Hall–Kier alpha value is -1.65. The van der Waals surface area contributed by atoms with E-state index in [9.17, 15) is 0 Å². The van der Waals surface area contributed by atoms with Gasteiger partial charge in [-0.1, -0.05) is 18.2 Å². The minimum Gasteiger partial charge on any atom is -0.380 e. The molecule has 0 radical (unpaired) electrons. The second-order valence-electron chi connectivity index (χ2n) is 6.17. The van der Waals surface area contributed by atoms with Crippen LogP contribution in [0.3, 0.4) is 0 Å². The number of fused-ring (bicyclic) bond motifs is 2. The Kier molecular flexibility index (Phi) is 4.90. The van der Waals surface area contributed by atoms with Crippen LogP contribution >= 0.6 is 0 Å². The molecule has 4 N–H and O–H groups in total. The average molecular weight is 298 g/mol. The molecule has 1 heterocycles. The van der Waals surface area contributed by atoms with E-state index in [4.69, 9.17) is 10.7 Å². The fraction of sp³-hybridized carbons (Fsp3) is 0.500. The molecular formula is C18H26N4. The Bertz CT molecular complexity index is 638. The largest absolute Gasteiger partial charge is 0.380 e. The number of hydrogen-bond donors (Lipinski definition) is 3. The van der Waals surface area contributed by atoms with E-state index in [1.807, 2.05) is 0 Å². The van der Waals surface area contributed by atoms with Gasteiger partial charge >= 0.3 is 0 Å². The van der Waals surface area contributed by atoms with Gasteiger partial charge in [-0.2, -0.15) is 0 Å². The lowest BCUT2D eigenvalue weighted by Crippen LogP contribution is -2.34. The van der Waals surface area contributed by atoms with Crippen molar-refractivity contribution < 1.29 is 0 Å². The summed E-state index contributed by atoms with van der Waals surface area (Å²) in [7, 11) is 0. The normalized spacial score (nSPS) is 15.5. The van der Waals surface area contributed by atoms with E-state index in [-0.39, 0.29) is 0 Å². The lowest BCUT2D eigenvalue weighted by atomic mass is 9.92. The van der Waals surface area contributed by atoms with Crippen molar-refractivity contribution in [1.82, 2.24) is 10.3 Å². The zero-order chi connectivity index (χ0) is 15.4. The first-order chi connectivity index (χ1) is 10.8. The van der Waals surface area contributed by atoms with Gasteiger partial charge in [0.25, 0.3) is 0 Å². The first-order valence-electron chi connectivity index (χ1n) is 8.37. The van der Waals surface area contributed by atoms with Crippen LogP contribution in [0.15, 0.2) is 24.3 Å². The maximum absolute atomic E-state index is 5.54. The molecule has 0 fully saturated rings. The number of para-hydroxylation sites is 1. The third kappa shape index (κ3) is 3.23. The van der Waals surface area contributed by atoms with Crippen molar-refractivity contribution in [3.05, 3.63) is 35.5 Å². The lowest BCUT2D eigenvalue weighted by molar-refractivity contribution is 0.633. The molecule has 1 aromatic carbocycles. The molecule has 22 heavy (non-hydrogen) atoms. The molecule has 0 saturated carbocycles. The molecule has 0 spiro atoms. The number of benzene rings is 1. The highest BCUT2D eigenvalue weighted by Gasteiger charge is 2.18. The zero-order valence-electron chi connectivity index (χ0n) is 13.4. The van der Waals surface area contributed by atoms with Crippen molar-refractivity contribution in [1.29, 1.82) is 0 Å². The van der Waals surface area contributed by atoms with Gasteiger partial charge in [0.1, 0.15) is 0 Å². The van der Waals surface area contributed by atoms with Gasteiger partial charge in [-0.3, -0.25) is 4.98 Å². The zero-order valence-corrected chi connectivity index (χ0v) is 13.4. The molecule has 0 amide bonds. The molecule has 1 aromatic heterocycles. The van der Waals surface area contributed by atoms with Gasteiger partial charge in [0.2, 0.25) is 0 Å². The third-order valence-electron chi connectivity index (χ3n) is 4.33. The van der Waals surface area contributed by atoms with E-state index < -0.39 is 0 Å². The lowest BCUT2D eigenvalue weighted by Gasteiger charge is -2.24. The second-order valence-corrected chi connectivity index (χ2v) is 6.17. The molecule has 4 nitrogen and oxygen atoms in total. The molecule has 1 unspecified atom stereocenters. The molecule has 1 aliphatic rings. The summed E-state index contributed by atoms with van der Waals surface area (Å²) in [6, 6.07) is 8.83. The van der Waals surface area contributed by atoms with Crippen LogP contribution in [0.25, 0.3) is 10.9 Å². The van der Waals surface area contributed by atoms with E-state index in [0.29, 0.717) is 12.6 Å². The number of hydrogen-bond acceptors (Lipinski definition) is 4. The summed E-state index contributed by atoms with van der Waals surface area (Å²) in [6.07, 6.45) is 4.76. The second kappa shape index (κ2) is 7.07. The van der Waals surface area contributed by atoms with Crippen molar-refractivity contribution in [3.8, 4) is 0 Å². The summed E-state index contributed by atoms with van der Waals surface area (Å²) in [6.45, 7) is 4.68. The van der Waals surface area contributed by atoms with Crippen molar-refractivity contribution in [3.63, 3.8) is 0 Å². The van der Waals surface area contributed by atoms with Crippen molar-refractivity contribution in [2.45, 2.75) is 38.6 Å². The highest BCUT2D eigenvalue weighted by molar-refractivity contribution is 5.93. The summed E-state index contributed by atoms with van der Waals surface area (Å²) in [4.78, 5) is 4.89. The number of rotatable bonds is 6. The summed E-state index contributed by atoms with van der Waals surface area (Å²) >= 11 is 0. The molecule has 0 aliphatic heterocycles. The predicted molar refractivity (Wildman–Crippen MR) is 93.4 cm³/mol. The van der Waals surface area contributed by atoms with Crippen LogP contribution in [0.4, 0.5) is 5.69 Å². The smallest absolute Gasteiger partial charge is 0.0726 e. The summed E-state index contributed by atoms with van der Waals surface area (Å²) < 4.78 is 0. The van der Waals surface area contributed by atoms with E-state index in [2.05, 4.69) is 41.8 Å². The van der Waals surface area contributed by atoms with Crippen LogP contribution in [-0.2, 0) is 12.8 Å². The fourth-order valence-electron chi connectivity index (χ4n) is 3.26. The van der Waals surface area contributed by atoms with Gasteiger partial charge < -0.3 is 16.4 Å². The Morgan fingerprint density at radius 2 is 2.05 bits per heavy atom. The summed E-state index contributed by atoms with van der Waals surface area (Å²) in [5.74, 6) is 0. The topological polar surface area (TPSA) is 63.0 Å². The monoisotopic (exact) mass is 298 g/mol. The number of nitrogens with two attached hydrogens (primary N) is 1. The Labute approximate surface area is 132 Å². The number of anilines is 1. The molecule has 1 atom stereocenters. The molecule has 1 aliphatic carbocycles. The SMILES string of the molecule is CC(CNCCN)Nc1c2c(nc3ccccc13)CCCC2. The number of nitrogens with one attached hydrogen (secondary N) is 2. The standard InChI is InChI=1S/C18H26N4/c1-13(12-20-11-10-19)21-18-14-6-2-4-8-16(14)22-17-9-5-3-7-15(17)18/h2,4,6,8,13,20H,3,5,7,9-12,19H2,1H3,(H,21,22). The van der Waals surface area contributed by atoms with E-state index in [1.165, 1.54) is 35.2 Å². The Balaban J connectivity index is 1.92. The first-order valence-corrected chi connectivity index (χ1v) is 8.37. The van der Waals surface area contributed by atoms with Crippen LogP contribution in [-0.4, -0.2) is 30.7 Å². The van der Waals surface area contributed by atoms with Crippen LogP contribution in [0.1, 0.15) is 31.0 Å². The first kappa shape index (κ1) is 15.3. The van der Waals surface area contributed by atoms with E-state index in [1.54, 1.807) is 0 Å². The van der Waals surface area contributed by atoms with Gasteiger partial charge in [-0.15, -0.1) is 0 Å². The summed E-state index contributed by atoms with van der Waals surface area (Å²) in [5.41, 5.74) is 10.7. The maximum Gasteiger partial charge on any atom is 0.0726 e. The molecule has 4 heteroatoms. The Morgan fingerprint density at radius 3 is 2.91 bits per heavy atom. The van der Waals surface area contributed by atoms with Gasteiger partial charge in [-0.25, -0.2) is 0 Å². The van der Waals surface area contributed by atoms with E-state index in [0.717, 1.165) is 31.4 Å². The van der Waals surface area contributed by atoms with E-state index >= 15 is 0 Å². The fourth-order valence-corrected chi connectivity index (χ4v) is 3.26. The van der Waals surface area contributed by atoms with Crippen molar-refractivity contribution in [2.75, 3.05) is 25.0 Å². The number of nitrogens with zero attached hydrogens (tertiary/aromatic N) is 1. The van der Waals surface area contributed by atoms with Crippen molar-refractivity contribution in [2.24, 2.45) is 5.73 Å². The number of aryl methyl sites for hydroxylation is 1. The average Bonchev–Trinajstić information content (AvgIpc) is 2.55. The number of aromatic nitrogens is 1. The maximum atomic E-state index is 5.54. The third-order valence-corrected chi connectivity index (χ3v) is 4.33. The highest BCUT2D eigenvalue weighted by Crippen LogP contribution is 2.33. The minimum atomic E-state index is 0.364. The van der Waals surface area contributed by atoms with Gasteiger partial charge in [0.15, 0.2) is 0 Å². The predicted octanol–water partition coefficient (Wildman–Crippen LogP) is 2.46. The highest BCUT2D eigenvalue weighted by atomic mass is 15.0. The molecule has 2 aromatic rings. The number of pyridine rings is 1. The van der Waals surface area contributed by atoms with Crippen LogP contribution in [0.5, 0.6) is 0 Å². The van der Waals surface area contributed by atoms with Gasteiger partial charge in [-0.05, 0) is 44.2 Å².